The van der Waals surface area contributed by atoms with E-state index in [0.29, 0.717) is 5.06 Å². The lowest BCUT2D eigenvalue weighted by Gasteiger charge is -2.20. The van der Waals surface area contributed by atoms with Crippen LogP contribution in [0.5, 0.6) is 0 Å². The van der Waals surface area contributed by atoms with Crippen LogP contribution in [0.1, 0.15) is 24.8 Å². The van der Waals surface area contributed by atoms with E-state index < -0.39 is 36.0 Å². The summed E-state index contributed by atoms with van der Waals surface area (Å²) in [4.78, 5) is 64.2. The molecule has 1 heterocycles. The number of carbonyl (C=O) groups excluding carboxylic acids is 5. The van der Waals surface area contributed by atoms with Crippen molar-refractivity contribution in [2.75, 3.05) is 13.2 Å². The lowest BCUT2D eigenvalue weighted by atomic mass is 10.2. The van der Waals surface area contributed by atoms with Crippen LogP contribution in [-0.4, -0.2) is 54.2 Å². The van der Waals surface area contributed by atoms with Crippen molar-refractivity contribution in [3.8, 4) is 0 Å². The zero-order valence-electron chi connectivity index (χ0n) is 16.7. The van der Waals surface area contributed by atoms with Crippen molar-refractivity contribution in [3.63, 3.8) is 0 Å². The van der Waals surface area contributed by atoms with Gasteiger partial charge in [0, 0.05) is 19.4 Å². The van der Waals surface area contributed by atoms with Crippen LogP contribution in [0, 0.1) is 0 Å². The number of imide groups is 1. The molecule has 0 aromatic heterocycles. The molecule has 11 nitrogen and oxygen atoms in total. The highest BCUT2D eigenvalue weighted by atomic mass is 16.7. The molecule has 1 saturated heterocycles. The van der Waals surface area contributed by atoms with Crippen molar-refractivity contribution in [1.29, 1.82) is 0 Å². The van der Waals surface area contributed by atoms with Crippen molar-refractivity contribution >= 4 is 30.0 Å². The van der Waals surface area contributed by atoms with Crippen molar-refractivity contribution < 1.29 is 38.3 Å². The quantitative estimate of drug-likeness (QED) is 0.414. The summed E-state index contributed by atoms with van der Waals surface area (Å²) in [5.74, 6) is -2.37. The van der Waals surface area contributed by atoms with Crippen molar-refractivity contribution in [1.82, 2.24) is 15.7 Å². The highest BCUT2D eigenvalue weighted by Gasteiger charge is 2.35. The van der Waals surface area contributed by atoms with E-state index in [1.807, 2.05) is 6.07 Å². The molecule has 31 heavy (non-hydrogen) atoms. The van der Waals surface area contributed by atoms with Gasteiger partial charge in [-0.3, -0.25) is 9.59 Å². The Morgan fingerprint density at radius 2 is 1.74 bits per heavy atom. The van der Waals surface area contributed by atoms with E-state index in [2.05, 4.69) is 17.2 Å². The van der Waals surface area contributed by atoms with Crippen LogP contribution in [0.3, 0.4) is 0 Å². The number of hydrogen-bond donors (Lipinski definition) is 2. The number of nitrogens with one attached hydrogen (secondary N) is 2. The number of alkyl carbamates (subject to hydrolysis) is 2. The number of hydroxylamine groups is 2. The van der Waals surface area contributed by atoms with Gasteiger partial charge in [-0.1, -0.05) is 43.0 Å². The molecule has 0 saturated carbocycles. The highest BCUT2D eigenvalue weighted by molar-refractivity contribution is 6.01. The number of benzene rings is 1. The minimum absolute atomic E-state index is 0.000544. The maximum absolute atomic E-state index is 12.5. The third-order valence-corrected chi connectivity index (χ3v) is 4.01. The monoisotopic (exact) mass is 433 g/mol. The molecule has 1 aliphatic rings. The van der Waals surface area contributed by atoms with E-state index in [9.17, 15) is 24.0 Å². The third-order valence-electron chi connectivity index (χ3n) is 4.01. The molecule has 0 spiro atoms. The lowest BCUT2D eigenvalue weighted by Crippen LogP contribution is -2.47. The second-order valence-electron chi connectivity index (χ2n) is 6.35. The number of nitrogens with zero attached hydrogens (tertiary/aromatic N) is 1. The molecule has 1 fully saturated rings. The number of amides is 4. The second-order valence-corrected chi connectivity index (χ2v) is 6.35. The third kappa shape index (κ3) is 7.80. The predicted octanol–water partition coefficient (Wildman–Crippen LogP) is 1.19. The molecule has 1 aliphatic heterocycles. The van der Waals surface area contributed by atoms with Gasteiger partial charge in [-0.15, -0.1) is 5.06 Å². The molecule has 0 aliphatic carbocycles. The van der Waals surface area contributed by atoms with Gasteiger partial charge >= 0.3 is 18.2 Å². The number of hydrogen-bond acceptors (Lipinski definition) is 8. The average Bonchev–Trinajstić information content (AvgIpc) is 3.08. The first-order chi connectivity index (χ1) is 14.9. The first-order valence-corrected chi connectivity index (χ1v) is 9.47. The van der Waals surface area contributed by atoms with Crippen LogP contribution in [0.2, 0.25) is 0 Å². The minimum atomic E-state index is -1.30. The van der Waals surface area contributed by atoms with E-state index in [4.69, 9.17) is 14.3 Å². The van der Waals surface area contributed by atoms with Gasteiger partial charge in [-0.25, -0.2) is 14.4 Å². The van der Waals surface area contributed by atoms with Crippen molar-refractivity contribution in [2.24, 2.45) is 0 Å². The van der Waals surface area contributed by atoms with Gasteiger partial charge in [0.25, 0.3) is 11.8 Å². The Balaban J connectivity index is 1.93. The molecule has 166 valence electrons. The average molecular weight is 433 g/mol. The first-order valence-electron chi connectivity index (χ1n) is 9.47. The number of carbonyl (C=O) groups is 5. The van der Waals surface area contributed by atoms with Crippen molar-refractivity contribution in [2.45, 2.75) is 31.9 Å². The van der Waals surface area contributed by atoms with Gasteiger partial charge in [0.05, 0.1) is 0 Å². The smallest absolute Gasteiger partial charge is 0.408 e. The zero-order chi connectivity index (χ0) is 22.6. The van der Waals surface area contributed by atoms with E-state index in [1.54, 1.807) is 24.3 Å². The summed E-state index contributed by atoms with van der Waals surface area (Å²) in [6.45, 7) is 3.30. The molecular formula is C20H23N3O8. The summed E-state index contributed by atoms with van der Waals surface area (Å²) in [6, 6.07) is 7.56. The van der Waals surface area contributed by atoms with E-state index in [0.717, 1.165) is 5.56 Å². The molecule has 1 aromatic rings. The van der Waals surface area contributed by atoms with Gasteiger partial charge in [0.15, 0.2) is 0 Å². The van der Waals surface area contributed by atoms with Crippen LogP contribution in [-0.2, 0) is 35.3 Å². The molecule has 1 atom stereocenters. The van der Waals surface area contributed by atoms with Crippen LogP contribution in [0.25, 0.3) is 0 Å². The summed E-state index contributed by atoms with van der Waals surface area (Å²) in [5.41, 5.74) is 0.733. The lowest BCUT2D eigenvalue weighted by molar-refractivity contribution is -0.199. The van der Waals surface area contributed by atoms with Crippen LogP contribution in [0.15, 0.2) is 43.0 Å². The van der Waals surface area contributed by atoms with Crippen LogP contribution >= 0.6 is 0 Å². The maximum atomic E-state index is 12.5. The summed E-state index contributed by atoms with van der Waals surface area (Å²) >= 11 is 0. The number of rotatable bonds is 10. The summed E-state index contributed by atoms with van der Waals surface area (Å²) in [7, 11) is 0. The Bertz CT molecular complexity index is 811. The molecule has 0 bridgehead atoms. The molecular weight excluding hydrogens is 410 g/mol. The van der Waals surface area contributed by atoms with Gasteiger partial charge in [-0.2, -0.15) is 0 Å². The first kappa shape index (κ1) is 23.4. The Kier molecular flexibility index (Phi) is 9.02. The predicted molar refractivity (Wildman–Crippen MR) is 105 cm³/mol. The fourth-order valence-corrected chi connectivity index (χ4v) is 2.47. The number of ether oxygens (including phenoxy) is 2. The van der Waals surface area contributed by atoms with Gasteiger partial charge in [0.2, 0.25) is 0 Å². The molecule has 1 aromatic carbocycles. The van der Waals surface area contributed by atoms with Gasteiger partial charge in [-0.05, 0) is 12.0 Å². The van der Waals surface area contributed by atoms with Crippen LogP contribution < -0.4 is 10.6 Å². The standard InChI is InChI=1S/C20H23N3O8/c1-2-12-29-19(27)21-11-10-15(18(26)31-23-16(24)8-9-17(23)25)22-20(28)30-13-14-6-4-3-5-7-14/h2-7,15H,1,8-13H2,(H,21,27)(H,22,28)/t15-/m0/s1. The Morgan fingerprint density at radius 3 is 2.39 bits per heavy atom. The largest absolute Gasteiger partial charge is 0.445 e. The Hall–Kier alpha value is -3.89. The van der Waals surface area contributed by atoms with Gasteiger partial charge < -0.3 is 24.9 Å². The Labute approximate surface area is 178 Å². The zero-order valence-corrected chi connectivity index (χ0v) is 16.7. The highest BCUT2D eigenvalue weighted by Crippen LogP contribution is 2.13. The fourth-order valence-electron chi connectivity index (χ4n) is 2.47. The minimum Gasteiger partial charge on any atom is -0.445 e. The summed E-state index contributed by atoms with van der Waals surface area (Å²) in [6.07, 6.45) is -0.532. The SMILES string of the molecule is C=CCOC(=O)NCC[C@H](NC(=O)OCc1ccccc1)C(=O)ON1C(=O)CCC1=O. The topological polar surface area (TPSA) is 140 Å². The Morgan fingerprint density at radius 1 is 1.06 bits per heavy atom. The second kappa shape index (κ2) is 12.0. The maximum Gasteiger partial charge on any atom is 0.408 e. The molecule has 11 heteroatoms. The molecule has 2 rings (SSSR count). The van der Waals surface area contributed by atoms with Gasteiger partial charge in [0.1, 0.15) is 19.3 Å². The fraction of sp³-hybridized carbons (Fsp3) is 0.350. The van der Waals surface area contributed by atoms with E-state index in [-0.39, 0.29) is 39.0 Å². The van der Waals surface area contributed by atoms with Crippen LogP contribution in [0.4, 0.5) is 9.59 Å². The summed E-state index contributed by atoms with van der Waals surface area (Å²) < 4.78 is 9.82. The molecule has 0 radical (unpaired) electrons. The van der Waals surface area contributed by atoms with Crippen molar-refractivity contribution in [3.05, 3.63) is 48.6 Å². The molecule has 4 amide bonds. The summed E-state index contributed by atoms with van der Waals surface area (Å²) in [5, 5.41) is 5.08. The van der Waals surface area contributed by atoms with E-state index in [1.165, 1.54) is 6.08 Å². The molecule has 2 N–H and O–H groups in total. The normalized spacial score (nSPS) is 13.9. The molecule has 0 unspecified atom stereocenters. The van der Waals surface area contributed by atoms with E-state index >= 15 is 0 Å².